The van der Waals surface area contributed by atoms with E-state index < -0.39 is 0 Å². The van der Waals surface area contributed by atoms with Crippen LogP contribution in [0.4, 0.5) is 5.82 Å². The summed E-state index contributed by atoms with van der Waals surface area (Å²) in [4.78, 5) is 20.6. The van der Waals surface area contributed by atoms with Crippen molar-refractivity contribution in [3.63, 3.8) is 0 Å². The van der Waals surface area contributed by atoms with E-state index in [9.17, 15) is 4.79 Å². The fourth-order valence-electron chi connectivity index (χ4n) is 2.31. The number of carbonyl (C=O) groups excluding carboxylic acids is 1. The Kier molecular flexibility index (Phi) is 6.14. The molecule has 1 aliphatic heterocycles. The van der Waals surface area contributed by atoms with Crippen molar-refractivity contribution in [3.8, 4) is 0 Å². The van der Waals surface area contributed by atoms with Crippen molar-refractivity contribution in [2.24, 2.45) is 5.73 Å². The zero-order chi connectivity index (χ0) is 15.2. The molecule has 2 rings (SSSR count). The Labute approximate surface area is 134 Å². The van der Waals surface area contributed by atoms with Gasteiger partial charge >= 0.3 is 0 Å². The molecule has 2 heterocycles. The topological polar surface area (TPSA) is 62.5 Å². The highest BCUT2D eigenvalue weighted by molar-refractivity contribution is 7.98. The molecule has 1 saturated heterocycles. The molecule has 2 N–H and O–H groups in total. The third-order valence-electron chi connectivity index (χ3n) is 3.58. The van der Waals surface area contributed by atoms with Crippen LogP contribution in [-0.4, -0.2) is 60.0 Å². The zero-order valence-corrected chi connectivity index (χ0v) is 13.7. The number of pyridine rings is 1. The van der Waals surface area contributed by atoms with Crippen LogP contribution in [0.1, 0.15) is 6.42 Å². The fourth-order valence-corrected chi connectivity index (χ4v) is 2.92. The Morgan fingerprint density at radius 3 is 2.71 bits per heavy atom. The molecule has 0 bridgehead atoms. The summed E-state index contributed by atoms with van der Waals surface area (Å²) in [5.74, 6) is 1.88. The van der Waals surface area contributed by atoms with Gasteiger partial charge in [-0.25, -0.2) is 4.98 Å². The average Bonchev–Trinajstić information content (AvgIpc) is 2.53. The number of anilines is 1. The summed E-state index contributed by atoms with van der Waals surface area (Å²) in [7, 11) is 0. The minimum Gasteiger partial charge on any atom is -0.353 e. The van der Waals surface area contributed by atoms with Gasteiger partial charge in [0.05, 0.1) is 11.1 Å². The molecule has 0 unspecified atom stereocenters. The molecule has 1 aliphatic rings. The monoisotopic (exact) mass is 328 g/mol. The van der Waals surface area contributed by atoms with E-state index in [-0.39, 0.29) is 11.9 Å². The molecule has 0 spiro atoms. The van der Waals surface area contributed by atoms with Crippen LogP contribution in [0.15, 0.2) is 18.3 Å². The molecule has 7 heteroatoms. The van der Waals surface area contributed by atoms with Crippen molar-refractivity contribution in [1.82, 2.24) is 9.88 Å². The van der Waals surface area contributed by atoms with Crippen LogP contribution < -0.4 is 10.6 Å². The lowest BCUT2D eigenvalue weighted by molar-refractivity contribution is -0.132. The number of nitrogens with zero attached hydrogens (tertiary/aromatic N) is 3. The first-order valence-corrected chi connectivity index (χ1v) is 8.79. The fraction of sp³-hybridized carbons (Fsp3) is 0.571. The second-order valence-electron chi connectivity index (χ2n) is 5.03. The van der Waals surface area contributed by atoms with Crippen LogP contribution in [-0.2, 0) is 4.79 Å². The molecule has 1 aromatic rings. The second-order valence-corrected chi connectivity index (χ2v) is 6.46. The lowest BCUT2D eigenvalue weighted by Gasteiger charge is -2.36. The molecule has 0 radical (unpaired) electrons. The van der Waals surface area contributed by atoms with Gasteiger partial charge in [-0.3, -0.25) is 4.79 Å². The van der Waals surface area contributed by atoms with E-state index in [1.165, 1.54) is 0 Å². The standard InChI is InChI=1S/C14H21ClN4OS/c1-21-9-4-12(16)14(20)19-7-5-18(6-8-19)13-3-2-11(15)10-17-13/h2-3,10,12H,4-9,16H2,1H3/t12-/m0/s1. The normalized spacial score (nSPS) is 16.9. The summed E-state index contributed by atoms with van der Waals surface area (Å²) in [6.45, 7) is 2.93. The Morgan fingerprint density at radius 2 is 2.14 bits per heavy atom. The molecule has 0 aromatic carbocycles. The lowest BCUT2D eigenvalue weighted by atomic mass is 10.2. The number of carbonyl (C=O) groups is 1. The molecule has 116 valence electrons. The Bertz CT molecular complexity index is 463. The van der Waals surface area contributed by atoms with Gasteiger partial charge in [-0.1, -0.05) is 11.6 Å². The van der Waals surface area contributed by atoms with E-state index >= 15 is 0 Å². The van der Waals surface area contributed by atoms with Crippen LogP contribution in [0, 0.1) is 0 Å². The first-order chi connectivity index (χ1) is 10.1. The molecule has 1 amide bonds. The third-order valence-corrected chi connectivity index (χ3v) is 4.44. The number of halogens is 1. The van der Waals surface area contributed by atoms with Crippen molar-refractivity contribution in [3.05, 3.63) is 23.4 Å². The number of hydrogen-bond donors (Lipinski definition) is 1. The van der Waals surface area contributed by atoms with Crippen LogP contribution in [0.5, 0.6) is 0 Å². The second kappa shape index (κ2) is 7.87. The highest BCUT2D eigenvalue weighted by atomic mass is 35.5. The number of piperazine rings is 1. The van der Waals surface area contributed by atoms with Crippen molar-refractivity contribution < 1.29 is 4.79 Å². The van der Waals surface area contributed by atoms with Crippen molar-refractivity contribution in [2.75, 3.05) is 43.1 Å². The third kappa shape index (κ3) is 4.49. The van der Waals surface area contributed by atoms with Gasteiger partial charge < -0.3 is 15.5 Å². The van der Waals surface area contributed by atoms with E-state index in [1.54, 1.807) is 18.0 Å². The molecular formula is C14H21ClN4OS. The van der Waals surface area contributed by atoms with Gasteiger partial charge in [0.25, 0.3) is 0 Å². The summed E-state index contributed by atoms with van der Waals surface area (Å²) in [5.41, 5.74) is 5.95. The maximum atomic E-state index is 12.2. The number of thioether (sulfide) groups is 1. The summed E-state index contributed by atoms with van der Waals surface area (Å²) in [5, 5.41) is 0.632. The number of amides is 1. The number of hydrogen-bond acceptors (Lipinski definition) is 5. The lowest BCUT2D eigenvalue weighted by Crippen LogP contribution is -2.53. The summed E-state index contributed by atoms with van der Waals surface area (Å²) in [6, 6.07) is 3.36. The van der Waals surface area contributed by atoms with Gasteiger partial charge in [-0.15, -0.1) is 0 Å². The maximum Gasteiger partial charge on any atom is 0.239 e. The Balaban J connectivity index is 1.85. The molecule has 1 atom stereocenters. The predicted octanol–water partition coefficient (Wildman–Crippen LogP) is 1.46. The smallest absolute Gasteiger partial charge is 0.239 e. The summed E-state index contributed by atoms with van der Waals surface area (Å²) in [6.07, 6.45) is 4.40. The molecule has 5 nitrogen and oxygen atoms in total. The number of nitrogens with two attached hydrogens (primary N) is 1. The van der Waals surface area contributed by atoms with E-state index in [0.29, 0.717) is 18.1 Å². The largest absolute Gasteiger partial charge is 0.353 e. The van der Waals surface area contributed by atoms with Crippen molar-refractivity contribution >= 4 is 35.1 Å². The highest BCUT2D eigenvalue weighted by Crippen LogP contribution is 2.16. The van der Waals surface area contributed by atoms with E-state index in [1.807, 2.05) is 23.3 Å². The van der Waals surface area contributed by atoms with Crippen LogP contribution in [0.25, 0.3) is 0 Å². The number of aromatic nitrogens is 1. The summed E-state index contributed by atoms with van der Waals surface area (Å²) < 4.78 is 0. The van der Waals surface area contributed by atoms with Gasteiger partial charge in [-0.2, -0.15) is 11.8 Å². The van der Waals surface area contributed by atoms with Gasteiger partial charge in [0.1, 0.15) is 5.82 Å². The minimum atomic E-state index is -0.377. The first kappa shape index (κ1) is 16.4. The number of rotatable bonds is 5. The maximum absolute atomic E-state index is 12.2. The highest BCUT2D eigenvalue weighted by Gasteiger charge is 2.25. The van der Waals surface area contributed by atoms with Gasteiger partial charge in [0, 0.05) is 32.4 Å². The van der Waals surface area contributed by atoms with Crippen molar-refractivity contribution in [2.45, 2.75) is 12.5 Å². The van der Waals surface area contributed by atoms with E-state index in [4.69, 9.17) is 17.3 Å². The molecule has 21 heavy (non-hydrogen) atoms. The average molecular weight is 329 g/mol. The Morgan fingerprint density at radius 1 is 1.43 bits per heavy atom. The predicted molar refractivity (Wildman–Crippen MR) is 89.0 cm³/mol. The molecule has 1 fully saturated rings. The first-order valence-electron chi connectivity index (χ1n) is 7.01. The van der Waals surface area contributed by atoms with Gasteiger partial charge in [0.15, 0.2) is 0 Å². The quantitative estimate of drug-likeness (QED) is 0.886. The Hall–Kier alpha value is -0.980. The molecule has 1 aromatic heterocycles. The van der Waals surface area contributed by atoms with Gasteiger partial charge in [-0.05, 0) is 30.6 Å². The summed E-state index contributed by atoms with van der Waals surface area (Å²) >= 11 is 7.56. The van der Waals surface area contributed by atoms with Crippen LogP contribution in [0.3, 0.4) is 0 Å². The zero-order valence-electron chi connectivity index (χ0n) is 12.2. The minimum absolute atomic E-state index is 0.0627. The van der Waals surface area contributed by atoms with Crippen LogP contribution in [0.2, 0.25) is 5.02 Å². The molecule has 0 saturated carbocycles. The van der Waals surface area contributed by atoms with E-state index in [0.717, 1.165) is 31.1 Å². The van der Waals surface area contributed by atoms with Crippen molar-refractivity contribution in [1.29, 1.82) is 0 Å². The van der Waals surface area contributed by atoms with Crippen LogP contribution >= 0.6 is 23.4 Å². The SMILES string of the molecule is CSCC[C@H](N)C(=O)N1CCN(c2ccc(Cl)cn2)CC1. The van der Waals surface area contributed by atoms with Gasteiger partial charge in [0.2, 0.25) is 5.91 Å². The molecule has 0 aliphatic carbocycles. The molecular weight excluding hydrogens is 308 g/mol. The van der Waals surface area contributed by atoms with E-state index in [2.05, 4.69) is 9.88 Å².